The molecule has 0 saturated heterocycles. The maximum absolute atomic E-state index is 12.5. The average molecular weight is 356 g/mol. The Labute approximate surface area is 147 Å². The lowest BCUT2D eigenvalue weighted by Crippen LogP contribution is -2.42. The average Bonchev–Trinajstić information content (AvgIpc) is 3.17. The van der Waals surface area contributed by atoms with Gasteiger partial charge in [0.1, 0.15) is 0 Å². The second kappa shape index (κ2) is 7.27. The highest BCUT2D eigenvalue weighted by molar-refractivity contribution is 7.12. The fourth-order valence-electron chi connectivity index (χ4n) is 2.41. The van der Waals surface area contributed by atoms with Gasteiger partial charge in [0.25, 0.3) is 17.4 Å². The van der Waals surface area contributed by atoms with Crippen molar-refractivity contribution in [1.82, 2.24) is 20.6 Å². The zero-order chi connectivity index (χ0) is 17.8. The standard InChI is InChI=1S/C17H16N4O3S/c1-2-9-21-17(24)12-7-4-3-6-11(12)14(20-21)16(23)19-18-15(22)13-8-5-10-25-13/h3-8,10H,2,9H2,1H3,(H,18,22)(H,19,23). The van der Waals surface area contributed by atoms with Gasteiger partial charge in [-0.1, -0.05) is 31.2 Å². The van der Waals surface area contributed by atoms with Gasteiger partial charge in [0.2, 0.25) is 0 Å². The molecule has 0 atom stereocenters. The van der Waals surface area contributed by atoms with E-state index < -0.39 is 11.8 Å². The van der Waals surface area contributed by atoms with Gasteiger partial charge in [0, 0.05) is 11.9 Å². The molecule has 0 aliphatic rings. The van der Waals surface area contributed by atoms with E-state index in [0.29, 0.717) is 28.6 Å². The smallest absolute Gasteiger partial charge is 0.267 e. The lowest BCUT2D eigenvalue weighted by atomic mass is 10.1. The van der Waals surface area contributed by atoms with Gasteiger partial charge in [-0.05, 0) is 23.9 Å². The molecule has 2 aromatic heterocycles. The fraction of sp³-hybridized carbons (Fsp3) is 0.176. The van der Waals surface area contributed by atoms with Crippen molar-refractivity contribution in [2.24, 2.45) is 0 Å². The van der Waals surface area contributed by atoms with Crippen LogP contribution >= 0.6 is 11.3 Å². The molecule has 0 bridgehead atoms. The van der Waals surface area contributed by atoms with Crippen LogP contribution in [-0.2, 0) is 6.54 Å². The second-order valence-corrected chi connectivity index (χ2v) is 6.26. The number of nitrogens with one attached hydrogen (secondary N) is 2. The number of aryl methyl sites for hydroxylation is 1. The summed E-state index contributed by atoms with van der Waals surface area (Å²) in [7, 11) is 0. The van der Waals surface area contributed by atoms with Crippen LogP contribution in [0.5, 0.6) is 0 Å². The summed E-state index contributed by atoms with van der Waals surface area (Å²) in [5.41, 5.74) is 4.57. The lowest BCUT2D eigenvalue weighted by Gasteiger charge is -2.11. The largest absolute Gasteiger partial charge is 0.290 e. The van der Waals surface area contributed by atoms with E-state index >= 15 is 0 Å². The number of carbonyl (C=O) groups is 2. The summed E-state index contributed by atoms with van der Waals surface area (Å²) in [5, 5.41) is 6.81. The van der Waals surface area contributed by atoms with E-state index in [4.69, 9.17) is 0 Å². The Kier molecular flexibility index (Phi) is 4.90. The van der Waals surface area contributed by atoms with Crippen LogP contribution in [0.4, 0.5) is 0 Å². The first-order valence-electron chi connectivity index (χ1n) is 7.76. The number of thiophene rings is 1. The van der Waals surface area contributed by atoms with Gasteiger partial charge in [-0.25, -0.2) is 4.68 Å². The van der Waals surface area contributed by atoms with E-state index in [1.54, 1.807) is 41.8 Å². The number of carbonyl (C=O) groups excluding carboxylic acids is 2. The molecule has 0 fully saturated rings. The molecule has 0 aliphatic carbocycles. The van der Waals surface area contributed by atoms with Crippen molar-refractivity contribution in [2.45, 2.75) is 19.9 Å². The molecule has 0 spiro atoms. The van der Waals surface area contributed by atoms with Gasteiger partial charge >= 0.3 is 0 Å². The highest BCUT2D eigenvalue weighted by Crippen LogP contribution is 2.13. The summed E-state index contributed by atoms with van der Waals surface area (Å²) < 4.78 is 1.28. The van der Waals surface area contributed by atoms with Gasteiger partial charge < -0.3 is 0 Å². The van der Waals surface area contributed by atoms with Crippen molar-refractivity contribution in [3.63, 3.8) is 0 Å². The third-order valence-corrected chi connectivity index (χ3v) is 4.42. The molecule has 0 radical (unpaired) electrons. The summed E-state index contributed by atoms with van der Waals surface area (Å²) >= 11 is 1.27. The zero-order valence-corrected chi connectivity index (χ0v) is 14.3. The van der Waals surface area contributed by atoms with Crippen LogP contribution in [0.15, 0.2) is 46.6 Å². The number of fused-ring (bicyclic) bond motifs is 1. The number of rotatable bonds is 4. The molecule has 3 aromatic rings. The number of nitrogens with zero attached hydrogens (tertiary/aromatic N) is 2. The number of hydrogen-bond acceptors (Lipinski definition) is 5. The predicted molar refractivity (Wildman–Crippen MR) is 95.5 cm³/mol. The third kappa shape index (κ3) is 3.43. The monoisotopic (exact) mass is 356 g/mol. The number of amides is 2. The van der Waals surface area contributed by atoms with E-state index in [9.17, 15) is 14.4 Å². The first kappa shape index (κ1) is 16.8. The van der Waals surface area contributed by atoms with Crippen molar-refractivity contribution in [2.75, 3.05) is 0 Å². The minimum atomic E-state index is -0.578. The molecule has 2 heterocycles. The Hall–Kier alpha value is -3.00. The molecule has 0 saturated carbocycles. The van der Waals surface area contributed by atoms with Crippen molar-refractivity contribution < 1.29 is 9.59 Å². The molecule has 2 N–H and O–H groups in total. The van der Waals surface area contributed by atoms with Gasteiger partial charge in [0.05, 0.1) is 10.3 Å². The predicted octanol–water partition coefficient (Wildman–Crippen LogP) is 1.94. The SMILES string of the molecule is CCCn1nc(C(=O)NNC(=O)c2cccs2)c2ccccc2c1=O. The Balaban J connectivity index is 1.91. The quantitative estimate of drug-likeness (QED) is 0.699. The molecular weight excluding hydrogens is 340 g/mol. The number of hydrazine groups is 1. The van der Waals surface area contributed by atoms with E-state index in [0.717, 1.165) is 0 Å². The highest BCUT2D eigenvalue weighted by atomic mass is 32.1. The van der Waals surface area contributed by atoms with Crippen LogP contribution in [0, 0.1) is 0 Å². The van der Waals surface area contributed by atoms with Crippen molar-refractivity contribution >= 4 is 33.9 Å². The number of aromatic nitrogens is 2. The summed E-state index contributed by atoms with van der Waals surface area (Å²) in [5.74, 6) is -0.986. The van der Waals surface area contributed by atoms with Gasteiger partial charge in [-0.2, -0.15) is 5.10 Å². The molecule has 2 amide bonds. The van der Waals surface area contributed by atoms with Crippen LogP contribution in [-0.4, -0.2) is 21.6 Å². The molecule has 0 aliphatic heterocycles. The normalized spacial score (nSPS) is 10.6. The van der Waals surface area contributed by atoms with E-state index in [1.165, 1.54) is 16.0 Å². The van der Waals surface area contributed by atoms with Crippen molar-refractivity contribution in [3.8, 4) is 0 Å². The maximum Gasteiger partial charge on any atom is 0.290 e. The van der Waals surface area contributed by atoms with E-state index in [-0.39, 0.29) is 11.3 Å². The topological polar surface area (TPSA) is 93.1 Å². The lowest BCUT2D eigenvalue weighted by molar-refractivity contribution is 0.0846. The molecule has 128 valence electrons. The Bertz CT molecular complexity index is 979. The van der Waals surface area contributed by atoms with Gasteiger partial charge in [-0.15, -0.1) is 11.3 Å². The molecular formula is C17H16N4O3S. The summed E-state index contributed by atoms with van der Waals surface area (Å²) in [6.45, 7) is 2.33. The molecule has 0 unspecified atom stereocenters. The molecule has 8 heteroatoms. The minimum absolute atomic E-state index is 0.0927. The second-order valence-electron chi connectivity index (χ2n) is 5.31. The van der Waals surface area contributed by atoms with Gasteiger partial charge in [0.15, 0.2) is 5.69 Å². The minimum Gasteiger partial charge on any atom is -0.267 e. The summed E-state index contributed by atoms with van der Waals surface area (Å²) in [6.07, 6.45) is 0.710. The van der Waals surface area contributed by atoms with Crippen LogP contribution in [0.25, 0.3) is 10.8 Å². The molecule has 25 heavy (non-hydrogen) atoms. The van der Waals surface area contributed by atoms with Crippen LogP contribution < -0.4 is 16.4 Å². The first-order valence-corrected chi connectivity index (χ1v) is 8.64. The van der Waals surface area contributed by atoms with E-state index in [2.05, 4.69) is 16.0 Å². The Morgan fingerprint density at radius 2 is 1.80 bits per heavy atom. The van der Waals surface area contributed by atoms with Crippen LogP contribution in [0.2, 0.25) is 0 Å². The Morgan fingerprint density at radius 1 is 1.08 bits per heavy atom. The molecule has 1 aromatic carbocycles. The van der Waals surface area contributed by atoms with Crippen molar-refractivity contribution in [3.05, 3.63) is 62.7 Å². The van der Waals surface area contributed by atoms with E-state index in [1.807, 2.05) is 6.92 Å². The highest BCUT2D eigenvalue weighted by Gasteiger charge is 2.17. The summed E-state index contributed by atoms with van der Waals surface area (Å²) in [4.78, 5) is 37.3. The van der Waals surface area contributed by atoms with Crippen molar-refractivity contribution in [1.29, 1.82) is 0 Å². The third-order valence-electron chi connectivity index (χ3n) is 3.55. The Morgan fingerprint density at radius 3 is 2.48 bits per heavy atom. The number of benzene rings is 1. The summed E-state index contributed by atoms with van der Waals surface area (Å²) in [6, 6.07) is 10.2. The molecule has 7 nitrogen and oxygen atoms in total. The zero-order valence-electron chi connectivity index (χ0n) is 13.5. The molecule has 3 rings (SSSR count). The number of hydrogen-bond donors (Lipinski definition) is 2. The van der Waals surface area contributed by atoms with Crippen LogP contribution in [0.1, 0.15) is 33.5 Å². The fourth-order valence-corrected chi connectivity index (χ4v) is 3.03. The maximum atomic E-state index is 12.5. The first-order chi connectivity index (χ1) is 12.1. The van der Waals surface area contributed by atoms with Crippen LogP contribution in [0.3, 0.4) is 0 Å². The van der Waals surface area contributed by atoms with Gasteiger partial charge in [-0.3, -0.25) is 25.2 Å².